The second-order valence-corrected chi connectivity index (χ2v) is 9.87. The fourth-order valence-electron chi connectivity index (χ4n) is 2.63. The van der Waals surface area contributed by atoms with Gasteiger partial charge in [0.25, 0.3) is 5.91 Å². The summed E-state index contributed by atoms with van der Waals surface area (Å²) in [6.07, 6.45) is -1.21. The van der Waals surface area contributed by atoms with Crippen LogP contribution in [0.5, 0.6) is 5.75 Å². The highest BCUT2D eigenvalue weighted by Gasteiger charge is 2.23. The summed E-state index contributed by atoms with van der Waals surface area (Å²) >= 11 is 0.978. The molecule has 1 aromatic heterocycles. The standard InChI is InChI=1S/C19H24N4O6S2/c1-23(31(2,28)29)19-22-15(11-30-19)18(27)21-10-17(26)16(25)8-13(9-20)7-12-3-5-14(24)6-4-12/h3-6,11,13,16-17,24-26H,7-8,10H2,1-2H3,(H,21,27). The SMILES string of the molecule is CN(c1nc(C(=O)NCC(O)C(O)CC(C#N)Cc2ccc(O)cc2)cs1)S(C)(=O)=O. The van der Waals surface area contributed by atoms with E-state index >= 15 is 0 Å². The van der Waals surface area contributed by atoms with E-state index in [2.05, 4.69) is 16.4 Å². The van der Waals surface area contributed by atoms with Gasteiger partial charge in [-0.25, -0.2) is 17.7 Å². The molecule has 0 saturated carbocycles. The van der Waals surface area contributed by atoms with Gasteiger partial charge in [0, 0.05) is 19.0 Å². The molecule has 12 heteroatoms. The highest BCUT2D eigenvalue weighted by molar-refractivity contribution is 7.92. The van der Waals surface area contributed by atoms with Gasteiger partial charge in [0.2, 0.25) is 10.0 Å². The number of benzene rings is 1. The molecule has 2 rings (SSSR count). The van der Waals surface area contributed by atoms with E-state index in [0.29, 0.717) is 6.42 Å². The number of carbonyl (C=O) groups is 1. The maximum absolute atomic E-state index is 12.2. The molecule has 0 aliphatic heterocycles. The van der Waals surface area contributed by atoms with Crippen LogP contribution in [0.4, 0.5) is 5.13 Å². The largest absolute Gasteiger partial charge is 0.508 e. The summed E-state index contributed by atoms with van der Waals surface area (Å²) in [5.74, 6) is -1.09. The number of aliphatic hydroxyl groups excluding tert-OH is 2. The second kappa shape index (κ2) is 10.5. The number of aromatic hydroxyl groups is 1. The third-order valence-corrected chi connectivity index (χ3v) is 6.74. The molecule has 0 spiro atoms. The number of hydrogen-bond acceptors (Lipinski definition) is 9. The van der Waals surface area contributed by atoms with Gasteiger partial charge < -0.3 is 20.6 Å². The number of rotatable bonds is 10. The zero-order valence-corrected chi connectivity index (χ0v) is 18.6. The number of nitriles is 1. The van der Waals surface area contributed by atoms with Crippen LogP contribution in [-0.2, 0) is 16.4 Å². The number of carbonyl (C=O) groups excluding carboxylic acids is 1. The van der Waals surface area contributed by atoms with Crippen LogP contribution in [0.3, 0.4) is 0 Å². The first-order chi connectivity index (χ1) is 14.5. The number of nitrogens with zero attached hydrogens (tertiary/aromatic N) is 3. The number of phenols is 1. The van der Waals surface area contributed by atoms with Gasteiger partial charge in [-0.05, 0) is 30.5 Å². The van der Waals surface area contributed by atoms with Crippen molar-refractivity contribution < 1.29 is 28.5 Å². The zero-order valence-electron chi connectivity index (χ0n) is 17.0. The molecule has 0 fully saturated rings. The van der Waals surface area contributed by atoms with E-state index in [1.807, 2.05) is 0 Å². The molecule has 31 heavy (non-hydrogen) atoms. The molecule has 3 unspecified atom stereocenters. The Bertz CT molecular complexity index is 1030. The minimum atomic E-state index is -3.51. The Hall–Kier alpha value is -2.72. The maximum atomic E-state index is 12.2. The van der Waals surface area contributed by atoms with Crippen molar-refractivity contribution in [3.63, 3.8) is 0 Å². The molecule has 4 N–H and O–H groups in total. The number of thiazole rings is 1. The van der Waals surface area contributed by atoms with E-state index < -0.39 is 34.1 Å². The fraction of sp³-hybridized carbons (Fsp3) is 0.421. The van der Waals surface area contributed by atoms with E-state index in [9.17, 15) is 33.8 Å². The number of nitrogens with one attached hydrogen (secondary N) is 1. The van der Waals surface area contributed by atoms with Gasteiger partial charge in [0.05, 0.1) is 30.5 Å². The lowest BCUT2D eigenvalue weighted by Crippen LogP contribution is -2.40. The smallest absolute Gasteiger partial charge is 0.270 e. The lowest BCUT2D eigenvalue weighted by atomic mass is 9.93. The van der Waals surface area contributed by atoms with Crippen molar-refractivity contribution >= 4 is 32.4 Å². The summed E-state index contributed by atoms with van der Waals surface area (Å²) in [4.78, 5) is 16.2. The zero-order chi connectivity index (χ0) is 23.2. The first kappa shape index (κ1) is 24.5. The number of amides is 1. The van der Waals surface area contributed by atoms with Gasteiger partial charge in [0.1, 0.15) is 11.4 Å². The number of aliphatic hydroxyl groups is 2. The molecule has 1 aromatic carbocycles. The molecular formula is C19H24N4O6S2. The second-order valence-electron chi connectivity index (χ2n) is 7.02. The topological polar surface area (TPSA) is 164 Å². The summed E-state index contributed by atoms with van der Waals surface area (Å²) in [6.45, 7) is -0.272. The molecule has 1 amide bonds. The maximum Gasteiger partial charge on any atom is 0.270 e. The van der Waals surface area contributed by atoms with Gasteiger partial charge in [-0.1, -0.05) is 12.1 Å². The van der Waals surface area contributed by atoms with Crippen LogP contribution in [0.15, 0.2) is 29.6 Å². The fourth-order valence-corrected chi connectivity index (χ4v) is 4.16. The quantitative estimate of drug-likeness (QED) is 0.391. The molecule has 168 valence electrons. The summed E-state index contributed by atoms with van der Waals surface area (Å²) in [5.41, 5.74) is 0.789. The van der Waals surface area contributed by atoms with Crippen LogP contribution < -0.4 is 9.62 Å². The average molecular weight is 469 g/mol. The third-order valence-electron chi connectivity index (χ3n) is 4.53. The van der Waals surface area contributed by atoms with Crippen LogP contribution in [0.25, 0.3) is 0 Å². The van der Waals surface area contributed by atoms with Crippen LogP contribution in [0.1, 0.15) is 22.5 Å². The molecular weight excluding hydrogens is 444 g/mol. The predicted molar refractivity (Wildman–Crippen MR) is 115 cm³/mol. The molecule has 0 aliphatic carbocycles. The van der Waals surface area contributed by atoms with E-state index in [-0.39, 0.29) is 29.5 Å². The number of phenolic OH excluding ortho intramolecular Hbond substituents is 1. The Morgan fingerprint density at radius 1 is 1.29 bits per heavy atom. The molecule has 0 radical (unpaired) electrons. The summed E-state index contributed by atoms with van der Waals surface area (Å²) in [6, 6.07) is 8.43. The number of aromatic nitrogens is 1. The Labute approximate surface area is 184 Å². The van der Waals surface area contributed by atoms with Crippen molar-refractivity contribution in [1.29, 1.82) is 5.26 Å². The van der Waals surface area contributed by atoms with Crippen molar-refractivity contribution in [1.82, 2.24) is 10.3 Å². The minimum absolute atomic E-state index is 0.00554. The Kier molecular flexibility index (Phi) is 8.35. The number of hydrogen-bond donors (Lipinski definition) is 4. The molecule has 0 saturated heterocycles. The lowest BCUT2D eigenvalue weighted by Gasteiger charge is -2.20. The number of anilines is 1. The van der Waals surface area contributed by atoms with Crippen molar-refractivity contribution in [2.24, 2.45) is 5.92 Å². The van der Waals surface area contributed by atoms with Crippen LogP contribution in [0.2, 0.25) is 0 Å². The third kappa shape index (κ3) is 7.18. The summed E-state index contributed by atoms with van der Waals surface area (Å²) in [7, 11) is -2.19. The van der Waals surface area contributed by atoms with Crippen molar-refractivity contribution in [2.45, 2.75) is 25.0 Å². The first-order valence-corrected chi connectivity index (χ1v) is 11.9. The highest BCUT2D eigenvalue weighted by atomic mass is 32.2. The van der Waals surface area contributed by atoms with Crippen LogP contribution in [-0.4, -0.2) is 66.7 Å². The molecule has 3 atom stereocenters. The molecule has 2 aromatic rings. The highest BCUT2D eigenvalue weighted by Crippen LogP contribution is 2.21. The Morgan fingerprint density at radius 3 is 2.52 bits per heavy atom. The minimum Gasteiger partial charge on any atom is -0.508 e. The molecule has 10 nitrogen and oxygen atoms in total. The lowest BCUT2D eigenvalue weighted by molar-refractivity contribution is 0.00986. The number of sulfonamides is 1. The first-order valence-electron chi connectivity index (χ1n) is 9.22. The summed E-state index contributed by atoms with van der Waals surface area (Å²) < 4.78 is 24.0. The predicted octanol–water partition coefficient (Wildman–Crippen LogP) is 0.469. The van der Waals surface area contributed by atoms with Gasteiger partial charge in [-0.2, -0.15) is 5.26 Å². The van der Waals surface area contributed by atoms with E-state index in [1.54, 1.807) is 12.1 Å². The van der Waals surface area contributed by atoms with Crippen molar-refractivity contribution in [2.75, 3.05) is 24.2 Å². The van der Waals surface area contributed by atoms with Crippen LogP contribution >= 0.6 is 11.3 Å². The average Bonchev–Trinajstić information content (AvgIpc) is 3.21. The van der Waals surface area contributed by atoms with E-state index in [1.165, 1.54) is 24.6 Å². The normalized spacial score (nSPS) is 14.3. The Morgan fingerprint density at radius 2 is 1.94 bits per heavy atom. The monoisotopic (exact) mass is 468 g/mol. The molecule has 0 bridgehead atoms. The van der Waals surface area contributed by atoms with Crippen LogP contribution in [0, 0.1) is 17.2 Å². The van der Waals surface area contributed by atoms with Gasteiger partial charge in [-0.3, -0.25) is 4.79 Å². The van der Waals surface area contributed by atoms with Gasteiger partial charge >= 0.3 is 0 Å². The molecule has 0 aliphatic rings. The van der Waals surface area contributed by atoms with Gasteiger partial charge in [0.15, 0.2) is 5.13 Å². The van der Waals surface area contributed by atoms with Gasteiger partial charge in [-0.15, -0.1) is 11.3 Å². The van der Waals surface area contributed by atoms with E-state index in [4.69, 9.17) is 0 Å². The van der Waals surface area contributed by atoms with E-state index in [0.717, 1.165) is 27.5 Å². The summed E-state index contributed by atoms with van der Waals surface area (Å²) in [5, 5.41) is 42.9. The Balaban J connectivity index is 1.87. The van der Waals surface area contributed by atoms with Crippen molar-refractivity contribution in [3.8, 4) is 11.8 Å². The molecule has 1 heterocycles. The van der Waals surface area contributed by atoms with Crippen molar-refractivity contribution in [3.05, 3.63) is 40.9 Å².